The van der Waals surface area contributed by atoms with Gasteiger partial charge in [-0.2, -0.15) is 17.2 Å². The van der Waals surface area contributed by atoms with Crippen molar-refractivity contribution in [3.63, 3.8) is 0 Å². The van der Waals surface area contributed by atoms with Crippen LogP contribution in [0.1, 0.15) is 75.9 Å². The zero-order valence-electron chi connectivity index (χ0n) is 29.8. The van der Waals surface area contributed by atoms with Gasteiger partial charge in [-0.1, -0.05) is 88.5 Å². The first kappa shape index (κ1) is 35.4. The van der Waals surface area contributed by atoms with Gasteiger partial charge in [0.15, 0.2) is 0 Å². The van der Waals surface area contributed by atoms with Gasteiger partial charge in [0.05, 0.1) is 5.69 Å². The van der Waals surface area contributed by atoms with E-state index in [1.54, 1.807) is 0 Å². The van der Waals surface area contributed by atoms with Crippen molar-refractivity contribution in [2.75, 3.05) is 0 Å². The number of aryl methyl sites for hydroxylation is 2. The van der Waals surface area contributed by atoms with Crippen LogP contribution in [0.25, 0.3) is 44.4 Å². The minimum absolute atomic E-state index is 0. The van der Waals surface area contributed by atoms with Crippen molar-refractivity contribution in [1.82, 2.24) is 19.3 Å². The standard InChI is InChI=1S/C44H44N4O.Pt/c1-7-9-11-15-32-24-25-45-42(26-32)47-40-23-20-34(44(5,6)8-2)27-39(40)38-22-21-37(29-41(38)47)49-36-19-14-18-35(28-36)48-31(4)43(30(3)46-48)33-16-12-10-13-17-33;/h10,12-14,16-27H,7-9,11,15H2,1-6H3;/q-2;+2. The Hall–Kier alpha value is -4.47. The molecule has 0 fully saturated rings. The van der Waals surface area contributed by atoms with Crippen LogP contribution < -0.4 is 4.74 Å². The molecule has 50 heavy (non-hydrogen) atoms. The van der Waals surface area contributed by atoms with Crippen LogP contribution in [0.3, 0.4) is 0 Å². The Morgan fingerprint density at radius 3 is 2.38 bits per heavy atom. The summed E-state index contributed by atoms with van der Waals surface area (Å²) in [5.41, 5.74) is 9.91. The number of unbranched alkanes of at least 4 members (excludes halogenated alkanes) is 2. The number of fused-ring (bicyclic) bond motifs is 3. The van der Waals surface area contributed by atoms with E-state index in [4.69, 9.17) is 14.8 Å². The van der Waals surface area contributed by atoms with E-state index in [1.165, 1.54) is 35.8 Å². The molecule has 7 aromatic rings. The van der Waals surface area contributed by atoms with Crippen molar-refractivity contribution in [3.05, 3.63) is 132 Å². The van der Waals surface area contributed by atoms with Crippen LogP contribution in [-0.4, -0.2) is 19.3 Å². The minimum Gasteiger partial charge on any atom is -0.509 e. The van der Waals surface area contributed by atoms with Gasteiger partial charge in [0.1, 0.15) is 5.82 Å². The molecule has 0 aliphatic heterocycles. The van der Waals surface area contributed by atoms with Crippen molar-refractivity contribution in [2.45, 2.75) is 79.1 Å². The minimum atomic E-state index is 0. The Balaban J connectivity index is 0.00000432. The smallest absolute Gasteiger partial charge is 0.509 e. The molecule has 0 saturated carbocycles. The summed E-state index contributed by atoms with van der Waals surface area (Å²) in [5.74, 6) is 2.13. The van der Waals surface area contributed by atoms with Crippen LogP contribution in [0.5, 0.6) is 11.5 Å². The average Bonchev–Trinajstić information content (AvgIpc) is 3.61. The summed E-state index contributed by atoms with van der Waals surface area (Å²) in [6, 6.07) is 38.9. The second-order valence-electron chi connectivity index (χ2n) is 13.7. The Bertz CT molecular complexity index is 2260. The number of aromatic nitrogens is 4. The zero-order chi connectivity index (χ0) is 34.1. The average molecular weight is 840 g/mol. The summed E-state index contributed by atoms with van der Waals surface area (Å²) in [4.78, 5) is 4.88. The molecular formula is C44H44N4OPt. The number of hydrogen-bond acceptors (Lipinski definition) is 3. The van der Waals surface area contributed by atoms with Crippen LogP contribution in [0, 0.1) is 26.0 Å². The number of ether oxygens (including phenoxy) is 1. The first-order valence-electron chi connectivity index (χ1n) is 17.6. The van der Waals surface area contributed by atoms with E-state index in [0.717, 1.165) is 63.3 Å². The molecule has 0 N–H and O–H groups in total. The van der Waals surface area contributed by atoms with Crippen LogP contribution in [0.2, 0.25) is 0 Å². The maximum absolute atomic E-state index is 6.50. The third-order valence-electron chi connectivity index (χ3n) is 9.98. The SMILES string of the molecule is CCCCCc1ccnc(-n2c3[c-]c(Oc4[c-]c(-n5nc(C)c(-c6ccccc6)c5C)ccc4)ccc3c3cc(C(C)(C)CC)ccc32)c1.[Pt+2]. The number of hydrogen-bond donors (Lipinski definition) is 0. The van der Waals surface area contributed by atoms with Crippen LogP contribution in [0.4, 0.5) is 0 Å². The fourth-order valence-corrected chi connectivity index (χ4v) is 6.80. The Morgan fingerprint density at radius 1 is 0.800 bits per heavy atom. The normalized spacial score (nSPS) is 11.6. The summed E-state index contributed by atoms with van der Waals surface area (Å²) in [5, 5.41) is 7.21. The molecule has 256 valence electrons. The molecule has 0 spiro atoms. The second-order valence-corrected chi connectivity index (χ2v) is 13.7. The molecule has 3 aromatic heterocycles. The summed E-state index contributed by atoms with van der Waals surface area (Å²) in [6.45, 7) is 13.3. The van der Waals surface area contributed by atoms with Crippen molar-refractivity contribution >= 4 is 21.8 Å². The molecular weight excluding hydrogens is 796 g/mol. The number of pyridine rings is 1. The van der Waals surface area contributed by atoms with Crippen LogP contribution in [0.15, 0.2) is 97.2 Å². The van der Waals surface area contributed by atoms with E-state index in [1.807, 2.05) is 41.2 Å². The summed E-state index contributed by atoms with van der Waals surface area (Å²) < 4.78 is 10.7. The van der Waals surface area contributed by atoms with E-state index in [-0.39, 0.29) is 26.5 Å². The predicted molar refractivity (Wildman–Crippen MR) is 201 cm³/mol. The molecule has 0 aliphatic carbocycles. The first-order chi connectivity index (χ1) is 23.8. The number of rotatable bonds is 11. The van der Waals surface area contributed by atoms with Crippen LogP contribution >= 0.6 is 0 Å². The molecule has 0 aliphatic rings. The van der Waals surface area contributed by atoms with Gasteiger partial charge in [0, 0.05) is 34.5 Å². The summed E-state index contributed by atoms with van der Waals surface area (Å²) in [7, 11) is 0. The van der Waals surface area contributed by atoms with Gasteiger partial charge in [-0.3, -0.25) is 4.68 Å². The molecule has 7 rings (SSSR count). The number of benzene rings is 4. The van der Waals surface area contributed by atoms with Gasteiger partial charge in [0.25, 0.3) is 0 Å². The zero-order valence-corrected chi connectivity index (χ0v) is 32.1. The van der Waals surface area contributed by atoms with Gasteiger partial charge < -0.3 is 9.30 Å². The number of nitrogens with zero attached hydrogens (tertiary/aromatic N) is 4. The molecule has 0 bridgehead atoms. The van der Waals surface area contributed by atoms with Gasteiger partial charge in [-0.05, 0) is 84.5 Å². The van der Waals surface area contributed by atoms with E-state index in [2.05, 4.69) is 119 Å². The summed E-state index contributed by atoms with van der Waals surface area (Å²) in [6.07, 6.45) is 7.64. The third-order valence-corrected chi connectivity index (χ3v) is 9.98. The Morgan fingerprint density at radius 2 is 1.60 bits per heavy atom. The summed E-state index contributed by atoms with van der Waals surface area (Å²) >= 11 is 0. The fourth-order valence-electron chi connectivity index (χ4n) is 6.80. The second kappa shape index (κ2) is 14.8. The van der Waals surface area contributed by atoms with E-state index < -0.39 is 0 Å². The quantitative estimate of drug-likeness (QED) is 0.0963. The maximum Gasteiger partial charge on any atom is 2.00 e. The van der Waals surface area contributed by atoms with E-state index >= 15 is 0 Å². The molecule has 0 atom stereocenters. The molecule has 6 heteroatoms. The molecule has 0 radical (unpaired) electrons. The topological polar surface area (TPSA) is 44.9 Å². The predicted octanol–water partition coefficient (Wildman–Crippen LogP) is 11.5. The Kier molecular flexibility index (Phi) is 10.5. The van der Waals surface area contributed by atoms with Crippen molar-refractivity contribution in [1.29, 1.82) is 0 Å². The van der Waals surface area contributed by atoms with Crippen molar-refractivity contribution in [3.8, 4) is 34.1 Å². The molecule has 3 heterocycles. The molecule has 4 aromatic carbocycles. The van der Waals surface area contributed by atoms with E-state index in [0.29, 0.717) is 11.5 Å². The van der Waals surface area contributed by atoms with Gasteiger partial charge in [0.2, 0.25) is 0 Å². The first-order valence-corrected chi connectivity index (χ1v) is 17.6. The monoisotopic (exact) mass is 839 g/mol. The van der Waals surface area contributed by atoms with Gasteiger partial charge in [-0.25, -0.2) is 4.98 Å². The molecule has 0 unspecified atom stereocenters. The third kappa shape index (κ3) is 6.81. The van der Waals surface area contributed by atoms with Gasteiger partial charge >= 0.3 is 21.1 Å². The largest absolute Gasteiger partial charge is 2.00 e. The van der Waals surface area contributed by atoms with Gasteiger partial charge in [-0.15, -0.1) is 35.7 Å². The molecule has 5 nitrogen and oxygen atoms in total. The molecule has 0 amide bonds. The van der Waals surface area contributed by atoms with Crippen molar-refractivity contribution < 1.29 is 25.8 Å². The Labute approximate surface area is 310 Å². The fraction of sp³-hybridized carbons (Fsp3) is 0.273. The van der Waals surface area contributed by atoms with E-state index in [9.17, 15) is 0 Å². The maximum atomic E-state index is 6.50. The molecule has 0 saturated heterocycles. The van der Waals surface area contributed by atoms with Crippen molar-refractivity contribution in [2.24, 2.45) is 0 Å². The van der Waals surface area contributed by atoms with Crippen LogP contribution in [-0.2, 0) is 32.9 Å².